The lowest BCUT2D eigenvalue weighted by Crippen LogP contribution is -2.21. The van der Waals surface area contributed by atoms with Crippen LogP contribution in [0.25, 0.3) is 40.0 Å². The summed E-state index contributed by atoms with van der Waals surface area (Å²) in [4.78, 5) is 35.8. The molecule has 4 aromatic rings. The lowest BCUT2D eigenvalue weighted by molar-refractivity contribution is -0.139. The molecule has 0 aliphatic heterocycles. The number of carbonyl (C=O) groups excluding carboxylic acids is 1. The molecule has 8 heteroatoms. The molecule has 0 aliphatic rings. The van der Waals surface area contributed by atoms with Crippen molar-refractivity contribution in [3.05, 3.63) is 84.7 Å². The molecule has 2 aromatic carbocycles. The van der Waals surface area contributed by atoms with Gasteiger partial charge in [0.25, 0.3) is 0 Å². The molecule has 1 amide bonds. The van der Waals surface area contributed by atoms with Crippen molar-refractivity contribution in [3.8, 4) is 39.7 Å². The number of carbonyl (C=O) groups is 2. The number of nitrogens with one attached hydrogen (secondary N) is 2. The Labute approximate surface area is 266 Å². The number of ether oxygens (including phenoxy) is 1. The molecule has 4 rings (SSSR count). The number of unbranched alkanes of at least 4 members (excludes halogenated alkanes) is 9. The van der Waals surface area contributed by atoms with Crippen LogP contribution >= 0.6 is 0 Å². The highest BCUT2D eigenvalue weighted by molar-refractivity contribution is 5.91. The normalized spacial score (nSPS) is 11.1. The summed E-state index contributed by atoms with van der Waals surface area (Å²) < 4.78 is 5.29. The van der Waals surface area contributed by atoms with Crippen molar-refractivity contribution in [1.29, 1.82) is 0 Å². The number of carboxylic acids is 1. The maximum atomic E-state index is 12.3. The van der Waals surface area contributed by atoms with Gasteiger partial charge in [-0.1, -0.05) is 89.0 Å². The van der Waals surface area contributed by atoms with Gasteiger partial charge in [-0.2, -0.15) is 0 Å². The Hall–Kier alpha value is -4.72. The summed E-state index contributed by atoms with van der Waals surface area (Å²) in [6.07, 6.45) is 19.6. The zero-order valence-corrected chi connectivity index (χ0v) is 26.1. The first-order chi connectivity index (χ1) is 22.0. The van der Waals surface area contributed by atoms with E-state index in [9.17, 15) is 9.59 Å². The van der Waals surface area contributed by atoms with E-state index in [-0.39, 0.29) is 5.91 Å². The summed E-state index contributed by atoms with van der Waals surface area (Å²) in [6, 6.07) is 18.9. The first-order valence-electron chi connectivity index (χ1n) is 16.0. The summed E-state index contributed by atoms with van der Waals surface area (Å²) in [5, 5.41) is 11.9. The van der Waals surface area contributed by atoms with E-state index in [1.807, 2.05) is 54.6 Å². The van der Waals surface area contributed by atoms with E-state index in [0.29, 0.717) is 18.1 Å². The molecule has 0 spiro atoms. The standard InChI is InChI=1S/C37H44N4O4/c1-2-3-4-5-6-7-8-9-10-11-25-39-33(42)23-16-28-14-17-29(18-15-28)35-36(41-37(40-35)31-13-12-24-38-26-31)30-19-21-32(22-20-30)45-27-34(43)44/h12-24,26H,2-11,25,27H2,1H3,(H,39,42)(H,40,41)(H,43,44). The van der Waals surface area contributed by atoms with Gasteiger partial charge in [-0.05, 0) is 54.5 Å². The molecule has 0 atom stereocenters. The first-order valence-corrected chi connectivity index (χ1v) is 16.0. The van der Waals surface area contributed by atoms with Crippen LogP contribution in [0.3, 0.4) is 0 Å². The number of hydrogen-bond acceptors (Lipinski definition) is 5. The van der Waals surface area contributed by atoms with Crippen LogP contribution in [0.15, 0.2) is 79.1 Å². The minimum absolute atomic E-state index is 0.0808. The number of aromatic nitrogens is 3. The summed E-state index contributed by atoms with van der Waals surface area (Å²) >= 11 is 0. The molecule has 0 fully saturated rings. The molecular weight excluding hydrogens is 564 g/mol. The largest absolute Gasteiger partial charge is 0.482 e. The Kier molecular flexibility index (Phi) is 13.4. The van der Waals surface area contributed by atoms with Gasteiger partial charge in [-0.3, -0.25) is 9.78 Å². The molecule has 0 saturated carbocycles. The van der Waals surface area contributed by atoms with E-state index >= 15 is 0 Å². The van der Waals surface area contributed by atoms with Crippen LogP contribution in [-0.2, 0) is 9.59 Å². The fourth-order valence-corrected chi connectivity index (χ4v) is 5.10. The fourth-order valence-electron chi connectivity index (χ4n) is 5.10. The third-order valence-electron chi connectivity index (χ3n) is 7.58. The number of aromatic amines is 1. The average molecular weight is 609 g/mol. The van der Waals surface area contributed by atoms with Crippen LogP contribution in [0.5, 0.6) is 5.75 Å². The number of H-pyrrole nitrogens is 1. The number of nitrogens with zero attached hydrogens (tertiary/aromatic N) is 2. The number of pyridine rings is 1. The van der Waals surface area contributed by atoms with E-state index in [1.54, 1.807) is 30.6 Å². The molecule has 0 unspecified atom stereocenters. The number of rotatable bonds is 19. The van der Waals surface area contributed by atoms with E-state index in [1.165, 1.54) is 51.4 Å². The Bertz CT molecular complexity index is 1500. The molecule has 2 heterocycles. The van der Waals surface area contributed by atoms with E-state index in [2.05, 4.69) is 22.2 Å². The van der Waals surface area contributed by atoms with Crippen LogP contribution in [0.4, 0.5) is 0 Å². The SMILES string of the molecule is CCCCCCCCCCCCNC(=O)C=Cc1ccc(-c2[nH]c(-c3cccnc3)nc2-c2ccc(OCC(=O)O)cc2)cc1. The molecule has 0 aliphatic carbocycles. The van der Waals surface area contributed by atoms with Gasteiger partial charge in [-0.15, -0.1) is 0 Å². The topological polar surface area (TPSA) is 117 Å². The van der Waals surface area contributed by atoms with Gasteiger partial charge in [-0.25, -0.2) is 9.78 Å². The van der Waals surface area contributed by atoms with Crippen LogP contribution in [0, 0.1) is 0 Å². The highest BCUT2D eigenvalue weighted by atomic mass is 16.5. The lowest BCUT2D eigenvalue weighted by Gasteiger charge is -2.06. The molecule has 8 nitrogen and oxygen atoms in total. The quantitative estimate of drug-likeness (QED) is 0.0728. The van der Waals surface area contributed by atoms with Crippen LogP contribution in [0.2, 0.25) is 0 Å². The molecule has 0 saturated heterocycles. The number of aliphatic carboxylic acids is 1. The van der Waals surface area contributed by atoms with Gasteiger partial charge < -0.3 is 20.1 Å². The minimum Gasteiger partial charge on any atom is -0.482 e. The van der Waals surface area contributed by atoms with Crippen LogP contribution in [0.1, 0.15) is 76.7 Å². The van der Waals surface area contributed by atoms with Crippen molar-refractivity contribution < 1.29 is 19.4 Å². The van der Waals surface area contributed by atoms with E-state index in [0.717, 1.165) is 46.5 Å². The number of carboxylic acid groups (broad SMARTS) is 1. The van der Waals surface area contributed by atoms with Gasteiger partial charge in [0.2, 0.25) is 5.91 Å². The predicted molar refractivity (Wildman–Crippen MR) is 180 cm³/mol. The van der Waals surface area contributed by atoms with Gasteiger partial charge in [0, 0.05) is 41.7 Å². The zero-order valence-electron chi connectivity index (χ0n) is 26.1. The number of imidazole rings is 1. The summed E-state index contributed by atoms with van der Waals surface area (Å²) in [6.45, 7) is 2.55. The number of benzene rings is 2. The molecule has 2 aromatic heterocycles. The monoisotopic (exact) mass is 608 g/mol. The Morgan fingerprint density at radius 2 is 1.51 bits per heavy atom. The molecule has 3 N–H and O–H groups in total. The molecular formula is C37H44N4O4. The predicted octanol–water partition coefficient (Wildman–Crippen LogP) is 8.32. The second kappa shape index (κ2) is 18.2. The van der Waals surface area contributed by atoms with E-state index < -0.39 is 12.6 Å². The molecule has 45 heavy (non-hydrogen) atoms. The smallest absolute Gasteiger partial charge is 0.341 e. The van der Waals surface area contributed by atoms with Crippen molar-refractivity contribution in [3.63, 3.8) is 0 Å². The number of hydrogen-bond donors (Lipinski definition) is 3. The Balaban J connectivity index is 1.33. The van der Waals surface area contributed by atoms with Crippen LogP contribution < -0.4 is 10.1 Å². The van der Waals surface area contributed by atoms with Gasteiger partial charge >= 0.3 is 5.97 Å². The fraction of sp³-hybridized carbons (Fsp3) is 0.351. The highest BCUT2D eigenvalue weighted by Crippen LogP contribution is 2.34. The molecule has 236 valence electrons. The summed E-state index contributed by atoms with van der Waals surface area (Å²) in [7, 11) is 0. The van der Waals surface area contributed by atoms with Gasteiger partial charge in [0.15, 0.2) is 6.61 Å². The van der Waals surface area contributed by atoms with Crippen molar-refractivity contribution >= 4 is 18.0 Å². The maximum Gasteiger partial charge on any atom is 0.341 e. The second-order valence-corrected chi connectivity index (χ2v) is 11.2. The van der Waals surface area contributed by atoms with Crippen molar-refractivity contribution in [1.82, 2.24) is 20.3 Å². The minimum atomic E-state index is -1.03. The van der Waals surface area contributed by atoms with Gasteiger partial charge in [0.1, 0.15) is 11.6 Å². The third-order valence-corrected chi connectivity index (χ3v) is 7.58. The highest BCUT2D eigenvalue weighted by Gasteiger charge is 2.16. The lowest BCUT2D eigenvalue weighted by atomic mass is 10.0. The van der Waals surface area contributed by atoms with Crippen molar-refractivity contribution in [2.45, 2.75) is 71.1 Å². The van der Waals surface area contributed by atoms with Crippen molar-refractivity contribution in [2.75, 3.05) is 13.2 Å². The maximum absolute atomic E-state index is 12.3. The van der Waals surface area contributed by atoms with Crippen LogP contribution in [-0.4, -0.2) is 45.1 Å². The average Bonchev–Trinajstić information content (AvgIpc) is 3.52. The first kappa shape index (κ1) is 33.2. The number of amides is 1. The third kappa shape index (κ3) is 11.1. The zero-order chi connectivity index (χ0) is 31.7. The van der Waals surface area contributed by atoms with E-state index in [4.69, 9.17) is 14.8 Å². The molecule has 0 radical (unpaired) electrons. The molecule has 0 bridgehead atoms. The summed E-state index contributed by atoms with van der Waals surface area (Å²) in [5.41, 5.74) is 5.13. The second-order valence-electron chi connectivity index (χ2n) is 11.2. The van der Waals surface area contributed by atoms with Crippen molar-refractivity contribution in [2.24, 2.45) is 0 Å². The Morgan fingerprint density at radius 1 is 0.844 bits per heavy atom. The summed E-state index contributed by atoms with van der Waals surface area (Å²) in [5.74, 6) is 0.0394. The van der Waals surface area contributed by atoms with Gasteiger partial charge in [0.05, 0.1) is 11.4 Å². The Morgan fingerprint density at radius 3 is 2.16 bits per heavy atom.